The van der Waals surface area contributed by atoms with Crippen molar-refractivity contribution in [1.29, 1.82) is 0 Å². The van der Waals surface area contributed by atoms with Gasteiger partial charge in [0.05, 0.1) is 24.0 Å². The van der Waals surface area contributed by atoms with Crippen LogP contribution in [0.3, 0.4) is 0 Å². The first-order valence-electron chi connectivity index (χ1n) is 5.48. The van der Waals surface area contributed by atoms with Crippen LogP contribution in [-0.2, 0) is 4.74 Å². The van der Waals surface area contributed by atoms with E-state index in [-0.39, 0.29) is 11.4 Å². The van der Waals surface area contributed by atoms with Crippen molar-refractivity contribution in [3.8, 4) is 11.6 Å². The molecule has 1 aromatic carbocycles. The zero-order valence-electron chi connectivity index (χ0n) is 10.4. The molecule has 0 radical (unpaired) electrons. The Hall–Kier alpha value is -1.79. The Morgan fingerprint density at radius 3 is 2.85 bits per heavy atom. The zero-order chi connectivity index (χ0) is 14.7. The maximum absolute atomic E-state index is 11.7. The molecule has 0 aliphatic carbocycles. The van der Waals surface area contributed by atoms with Crippen molar-refractivity contribution in [2.75, 3.05) is 12.8 Å². The molecule has 0 spiro atoms. The molecule has 7 heteroatoms. The Morgan fingerprint density at radius 2 is 2.15 bits per heavy atom. The maximum Gasteiger partial charge on any atom is 0.343 e. The number of methoxy groups -OCH3 is 1. The molecule has 104 valence electrons. The second-order valence-corrected chi connectivity index (χ2v) is 5.11. The van der Waals surface area contributed by atoms with Gasteiger partial charge in [0.1, 0.15) is 11.3 Å². The van der Waals surface area contributed by atoms with Crippen LogP contribution in [0.1, 0.15) is 10.4 Å². The van der Waals surface area contributed by atoms with E-state index in [1.165, 1.54) is 19.4 Å². The van der Waals surface area contributed by atoms with Gasteiger partial charge >= 0.3 is 5.97 Å². The lowest BCUT2D eigenvalue weighted by Gasteiger charge is -2.10. The van der Waals surface area contributed by atoms with E-state index in [9.17, 15) is 4.79 Å². The quantitative estimate of drug-likeness (QED) is 0.849. The average molecular weight is 358 g/mol. The van der Waals surface area contributed by atoms with E-state index in [1.54, 1.807) is 18.2 Å². The molecule has 0 bridgehead atoms. The molecule has 0 saturated carbocycles. The van der Waals surface area contributed by atoms with Crippen molar-refractivity contribution in [1.82, 2.24) is 4.98 Å². The van der Waals surface area contributed by atoms with Crippen molar-refractivity contribution in [2.45, 2.75) is 0 Å². The summed E-state index contributed by atoms with van der Waals surface area (Å²) in [5.41, 5.74) is 6.07. The Bertz CT molecular complexity index is 664. The third-order valence-corrected chi connectivity index (χ3v) is 3.18. The number of pyridine rings is 1. The number of esters is 1. The number of nitrogens with zero attached hydrogens (tertiary/aromatic N) is 1. The SMILES string of the molecule is COC(=O)c1cc(N)cnc1Oc1cc(Br)ccc1Cl. The zero-order valence-corrected chi connectivity index (χ0v) is 12.7. The third-order valence-electron chi connectivity index (χ3n) is 2.38. The molecular formula is C13H10BrClN2O3. The lowest BCUT2D eigenvalue weighted by Crippen LogP contribution is -2.06. The van der Waals surface area contributed by atoms with Crippen LogP contribution < -0.4 is 10.5 Å². The third kappa shape index (κ3) is 3.20. The molecule has 0 atom stereocenters. The Kier molecular flexibility index (Phi) is 4.46. The summed E-state index contributed by atoms with van der Waals surface area (Å²) < 4.78 is 11.0. The van der Waals surface area contributed by atoms with Gasteiger partial charge in [-0.1, -0.05) is 27.5 Å². The molecule has 1 aromatic heterocycles. The molecule has 2 rings (SSSR count). The number of hydrogen-bond donors (Lipinski definition) is 1. The van der Waals surface area contributed by atoms with Crippen molar-refractivity contribution in [3.63, 3.8) is 0 Å². The van der Waals surface area contributed by atoms with Crippen molar-refractivity contribution < 1.29 is 14.3 Å². The van der Waals surface area contributed by atoms with E-state index in [0.717, 1.165) is 4.47 Å². The molecule has 20 heavy (non-hydrogen) atoms. The van der Waals surface area contributed by atoms with Gasteiger partial charge in [-0.3, -0.25) is 0 Å². The number of carbonyl (C=O) groups excluding carboxylic acids is 1. The highest BCUT2D eigenvalue weighted by Gasteiger charge is 2.17. The summed E-state index contributed by atoms with van der Waals surface area (Å²) in [6.07, 6.45) is 1.38. The van der Waals surface area contributed by atoms with Crippen LogP contribution in [0.15, 0.2) is 34.9 Å². The van der Waals surface area contributed by atoms with Gasteiger partial charge in [-0.2, -0.15) is 0 Å². The van der Waals surface area contributed by atoms with Gasteiger partial charge in [0, 0.05) is 4.47 Å². The monoisotopic (exact) mass is 356 g/mol. The highest BCUT2D eigenvalue weighted by molar-refractivity contribution is 9.10. The van der Waals surface area contributed by atoms with E-state index in [2.05, 4.69) is 25.7 Å². The number of aromatic nitrogens is 1. The van der Waals surface area contributed by atoms with Crippen LogP contribution in [0, 0.1) is 0 Å². The minimum atomic E-state index is -0.592. The summed E-state index contributed by atoms with van der Waals surface area (Å²) in [7, 11) is 1.27. The molecular weight excluding hydrogens is 348 g/mol. The number of benzene rings is 1. The molecule has 0 aliphatic heterocycles. The molecule has 0 unspecified atom stereocenters. The molecule has 0 aliphatic rings. The highest BCUT2D eigenvalue weighted by Crippen LogP contribution is 2.33. The standard InChI is InChI=1S/C13H10BrClN2O3/c1-19-13(18)9-5-8(16)6-17-12(9)20-11-4-7(14)2-3-10(11)15/h2-6H,16H2,1H3. The average Bonchev–Trinajstić information content (AvgIpc) is 2.43. The number of ether oxygens (including phenoxy) is 2. The Morgan fingerprint density at radius 1 is 1.40 bits per heavy atom. The van der Waals surface area contributed by atoms with Crippen molar-refractivity contribution in [3.05, 3.63) is 45.5 Å². The van der Waals surface area contributed by atoms with E-state index in [4.69, 9.17) is 22.1 Å². The fourth-order valence-corrected chi connectivity index (χ4v) is 1.96. The Balaban J connectivity index is 2.43. The molecule has 0 saturated heterocycles. The van der Waals surface area contributed by atoms with Crippen LogP contribution in [0.5, 0.6) is 11.6 Å². The van der Waals surface area contributed by atoms with Crippen LogP contribution >= 0.6 is 27.5 Å². The number of nitrogen functional groups attached to an aromatic ring is 1. The number of nitrogens with two attached hydrogens (primary N) is 1. The molecule has 1 heterocycles. The van der Waals surface area contributed by atoms with Gasteiger partial charge in [0.15, 0.2) is 0 Å². The fraction of sp³-hybridized carbons (Fsp3) is 0.0769. The van der Waals surface area contributed by atoms with Gasteiger partial charge in [0.2, 0.25) is 5.88 Å². The highest BCUT2D eigenvalue weighted by atomic mass is 79.9. The van der Waals surface area contributed by atoms with Crippen LogP contribution in [0.25, 0.3) is 0 Å². The number of rotatable bonds is 3. The first kappa shape index (κ1) is 14.6. The summed E-state index contributed by atoms with van der Waals surface area (Å²) in [6.45, 7) is 0. The van der Waals surface area contributed by atoms with E-state index in [1.807, 2.05) is 0 Å². The number of carbonyl (C=O) groups is 1. The normalized spacial score (nSPS) is 10.2. The lowest BCUT2D eigenvalue weighted by atomic mass is 10.2. The predicted molar refractivity (Wildman–Crippen MR) is 79.2 cm³/mol. The second kappa shape index (κ2) is 6.11. The molecule has 5 nitrogen and oxygen atoms in total. The van der Waals surface area contributed by atoms with E-state index < -0.39 is 5.97 Å². The maximum atomic E-state index is 11.7. The largest absolute Gasteiger partial charge is 0.465 e. The van der Waals surface area contributed by atoms with Gasteiger partial charge in [-0.25, -0.2) is 9.78 Å². The number of anilines is 1. The number of hydrogen-bond acceptors (Lipinski definition) is 5. The predicted octanol–water partition coefficient (Wildman–Crippen LogP) is 3.66. The van der Waals surface area contributed by atoms with Crippen LogP contribution in [0.2, 0.25) is 5.02 Å². The summed E-state index contributed by atoms with van der Waals surface area (Å²) in [5, 5.41) is 0.391. The number of halogens is 2. The topological polar surface area (TPSA) is 74.4 Å². The van der Waals surface area contributed by atoms with Crippen LogP contribution in [-0.4, -0.2) is 18.1 Å². The van der Waals surface area contributed by atoms with E-state index >= 15 is 0 Å². The fourth-order valence-electron chi connectivity index (χ4n) is 1.47. The summed E-state index contributed by atoms with van der Waals surface area (Å²) in [5.74, 6) is -0.152. The van der Waals surface area contributed by atoms with Gasteiger partial charge < -0.3 is 15.2 Å². The minimum Gasteiger partial charge on any atom is -0.465 e. The summed E-state index contributed by atoms with van der Waals surface area (Å²) >= 11 is 9.34. The molecule has 2 aromatic rings. The van der Waals surface area contributed by atoms with Crippen LogP contribution in [0.4, 0.5) is 5.69 Å². The van der Waals surface area contributed by atoms with Gasteiger partial charge in [-0.05, 0) is 24.3 Å². The first-order chi connectivity index (χ1) is 9.51. The van der Waals surface area contributed by atoms with Gasteiger partial charge in [-0.15, -0.1) is 0 Å². The Labute approximate surface area is 128 Å². The minimum absolute atomic E-state index is 0.0750. The molecule has 2 N–H and O–H groups in total. The van der Waals surface area contributed by atoms with Crippen molar-refractivity contribution in [2.24, 2.45) is 0 Å². The smallest absolute Gasteiger partial charge is 0.343 e. The second-order valence-electron chi connectivity index (χ2n) is 3.79. The molecule has 0 amide bonds. The lowest BCUT2D eigenvalue weighted by molar-refractivity contribution is 0.0597. The van der Waals surface area contributed by atoms with Gasteiger partial charge in [0.25, 0.3) is 0 Å². The summed E-state index contributed by atoms with van der Waals surface area (Å²) in [4.78, 5) is 15.7. The first-order valence-corrected chi connectivity index (χ1v) is 6.65. The van der Waals surface area contributed by atoms with Crippen molar-refractivity contribution >= 4 is 39.2 Å². The molecule has 0 fully saturated rings. The van der Waals surface area contributed by atoms with E-state index in [0.29, 0.717) is 16.5 Å². The summed E-state index contributed by atoms with van der Waals surface area (Å²) in [6, 6.07) is 6.53.